The van der Waals surface area contributed by atoms with E-state index in [4.69, 9.17) is 9.84 Å². The Morgan fingerprint density at radius 3 is 2.88 bits per heavy atom. The van der Waals surface area contributed by atoms with Crippen LogP contribution in [0.5, 0.6) is 0 Å². The molecule has 1 aliphatic rings. The van der Waals surface area contributed by atoms with Gasteiger partial charge in [-0.3, -0.25) is 0 Å². The lowest BCUT2D eigenvalue weighted by atomic mass is 10.1. The summed E-state index contributed by atoms with van der Waals surface area (Å²) < 4.78 is 30.7. The quantitative estimate of drug-likeness (QED) is 0.732. The molecule has 16 heavy (non-hydrogen) atoms. The van der Waals surface area contributed by atoms with Gasteiger partial charge in [-0.15, -0.1) is 0 Å². The van der Waals surface area contributed by atoms with Crippen molar-refractivity contribution in [1.82, 2.24) is 4.31 Å². The van der Waals surface area contributed by atoms with E-state index in [0.29, 0.717) is 26.1 Å². The van der Waals surface area contributed by atoms with Crippen molar-refractivity contribution in [1.29, 1.82) is 0 Å². The standard InChI is InChI=1S/C10H21NO4S/c1-2-15-10-5-3-6-11(9-10)16(13,14)8-4-7-12/h10,12H,2-9H2,1H3. The number of nitrogens with zero attached hydrogens (tertiary/aromatic N) is 1. The minimum atomic E-state index is -3.20. The van der Waals surface area contributed by atoms with Crippen LogP contribution in [0.1, 0.15) is 26.2 Å². The minimum absolute atomic E-state index is 0.0301. The van der Waals surface area contributed by atoms with Crippen molar-refractivity contribution in [2.45, 2.75) is 32.3 Å². The maximum absolute atomic E-state index is 11.9. The molecule has 1 aliphatic heterocycles. The molecular weight excluding hydrogens is 230 g/mol. The molecule has 1 saturated heterocycles. The second-order valence-electron chi connectivity index (χ2n) is 3.97. The van der Waals surface area contributed by atoms with Crippen LogP contribution in [-0.2, 0) is 14.8 Å². The maximum Gasteiger partial charge on any atom is 0.214 e. The van der Waals surface area contributed by atoms with E-state index in [1.165, 1.54) is 4.31 Å². The molecule has 0 aromatic rings. The molecule has 1 unspecified atom stereocenters. The Kier molecular flexibility index (Phi) is 5.68. The third-order valence-corrected chi connectivity index (χ3v) is 4.62. The number of hydrogen-bond acceptors (Lipinski definition) is 4. The summed E-state index contributed by atoms with van der Waals surface area (Å²) in [6, 6.07) is 0. The van der Waals surface area contributed by atoms with Crippen LogP contribution in [0.2, 0.25) is 0 Å². The first-order valence-electron chi connectivity index (χ1n) is 5.80. The fraction of sp³-hybridized carbons (Fsp3) is 1.00. The molecule has 1 N–H and O–H groups in total. The van der Waals surface area contributed by atoms with Gasteiger partial charge < -0.3 is 9.84 Å². The molecule has 1 atom stereocenters. The van der Waals surface area contributed by atoms with Crippen molar-refractivity contribution in [2.24, 2.45) is 0 Å². The fourth-order valence-electron chi connectivity index (χ4n) is 1.91. The molecule has 5 nitrogen and oxygen atoms in total. The summed E-state index contributed by atoms with van der Waals surface area (Å²) in [5.74, 6) is 0.0301. The highest BCUT2D eigenvalue weighted by molar-refractivity contribution is 7.89. The second-order valence-corrected chi connectivity index (χ2v) is 6.06. The number of piperidine rings is 1. The Hall–Kier alpha value is -0.170. The summed E-state index contributed by atoms with van der Waals surface area (Å²) in [6.07, 6.45) is 2.11. The average molecular weight is 251 g/mol. The van der Waals surface area contributed by atoms with Gasteiger partial charge in [0.05, 0.1) is 11.9 Å². The van der Waals surface area contributed by atoms with Gasteiger partial charge in [-0.2, -0.15) is 4.31 Å². The SMILES string of the molecule is CCOC1CCCN(S(=O)(=O)CCCO)C1. The van der Waals surface area contributed by atoms with E-state index in [1.807, 2.05) is 6.92 Å². The molecule has 0 aromatic heterocycles. The van der Waals surface area contributed by atoms with Crippen molar-refractivity contribution in [3.63, 3.8) is 0 Å². The summed E-state index contributed by atoms with van der Waals surface area (Å²) >= 11 is 0. The molecule has 0 amide bonds. The smallest absolute Gasteiger partial charge is 0.214 e. The molecule has 1 heterocycles. The van der Waals surface area contributed by atoms with E-state index in [-0.39, 0.29) is 18.5 Å². The summed E-state index contributed by atoms with van der Waals surface area (Å²) in [7, 11) is -3.20. The normalized spacial score (nSPS) is 23.5. The van der Waals surface area contributed by atoms with Crippen LogP contribution in [0, 0.1) is 0 Å². The Balaban J connectivity index is 2.52. The van der Waals surface area contributed by atoms with Crippen molar-refractivity contribution in [3.8, 4) is 0 Å². The zero-order chi connectivity index (χ0) is 12.0. The molecule has 0 radical (unpaired) electrons. The molecule has 0 aliphatic carbocycles. The topological polar surface area (TPSA) is 66.8 Å². The molecule has 1 fully saturated rings. The lowest BCUT2D eigenvalue weighted by Gasteiger charge is -2.31. The minimum Gasteiger partial charge on any atom is -0.396 e. The number of sulfonamides is 1. The third-order valence-electron chi connectivity index (χ3n) is 2.70. The van der Waals surface area contributed by atoms with Crippen LogP contribution in [0.15, 0.2) is 0 Å². The Morgan fingerprint density at radius 1 is 1.50 bits per heavy atom. The Bertz CT molecular complexity index is 289. The van der Waals surface area contributed by atoms with E-state index in [1.54, 1.807) is 0 Å². The molecule has 6 heteroatoms. The Labute approximate surface area is 97.4 Å². The maximum atomic E-state index is 11.9. The van der Waals surface area contributed by atoms with Crippen LogP contribution in [-0.4, -0.2) is 56.0 Å². The summed E-state index contributed by atoms with van der Waals surface area (Å²) in [5, 5.41) is 8.66. The molecule has 0 bridgehead atoms. The van der Waals surface area contributed by atoms with Gasteiger partial charge in [0.2, 0.25) is 10.0 Å². The molecule has 0 spiro atoms. The number of rotatable bonds is 6. The number of ether oxygens (including phenoxy) is 1. The molecular formula is C10H21NO4S. The first-order chi connectivity index (χ1) is 7.60. The molecule has 1 rings (SSSR count). The first kappa shape index (κ1) is 13.9. The summed E-state index contributed by atoms with van der Waals surface area (Å²) in [4.78, 5) is 0. The summed E-state index contributed by atoms with van der Waals surface area (Å²) in [6.45, 7) is 3.50. The van der Waals surface area contributed by atoms with Gasteiger partial charge in [0.25, 0.3) is 0 Å². The highest BCUT2D eigenvalue weighted by Crippen LogP contribution is 2.17. The van der Waals surface area contributed by atoms with Gasteiger partial charge in [0.15, 0.2) is 0 Å². The first-order valence-corrected chi connectivity index (χ1v) is 7.41. The monoisotopic (exact) mass is 251 g/mol. The van der Waals surface area contributed by atoms with Crippen LogP contribution in [0.4, 0.5) is 0 Å². The predicted octanol–water partition coefficient (Wildman–Crippen LogP) is 0.200. The van der Waals surface area contributed by atoms with Crippen LogP contribution >= 0.6 is 0 Å². The molecule has 0 aromatic carbocycles. The van der Waals surface area contributed by atoms with E-state index in [9.17, 15) is 8.42 Å². The second kappa shape index (κ2) is 6.54. The largest absolute Gasteiger partial charge is 0.396 e. The highest BCUT2D eigenvalue weighted by Gasteiger charge is 2.28. The van der Waals surface area contributed by atoms with Crippen molar-refractivity contribution < 1.29 is 18.3 Å². The van der Waals surface area contributed by atoms with Crippen molar-refractivity contribution in [2.75, 3.05) is 32.1 Å². The van der Waals surface area contributed by atoms with E-state index in [0.717, 1.165) is 12.8 Å². The van der Waals surface area contributed by atoms with E-state index >= 15 is 0 Å². The third kappa shape index (κ3) is 4.01. The van der Waals surface area contributed by atoms with E-state index in [2.05, 4.69) is 0 Å². The predicted molar refractivity (Wildman–Crippen MR) is 61.7 cm³/mol. The lowest BCUT2D eigenvalue weighted by molar-refractivity contribution is 0.0265. The summed E-state index contributed by atoms with van der Waals surface area (Å²) in [5.41, 5.74) is 0. The van der Waals surface area contributed by atoms with Gasteiger partial charge in [-0.05, 0) is 26.2 Å². The van der Waals surface area contributed by atoms with Crippen LogP contribution in [0.3, 0.4) is 0 Å². The van der Waals surface area contributed by atoms with Gasteiger partial charge in [0.1, 0.15) is 0 Å². The van der Waals surface area contributed by atoms with Crippen molar-refractivity contribution in [3.05, 3.63) is 0 Å². The molecule has 0 saturated carbocycles. The zero-order valence-corrected chi connectivity index (χ0v) is 10.6. The van der Waals surface area contributed by atoms with Crippen LogP contribution in [0.25, 0.3) is 0 Å². The van der Waals surface area contributed by atoms with Crippen LogP contribution < -0.4 is 0 Å². The molecule has 96 valence electrons. The number of hydrogen-bond donors (Lipinski definition) is 1. The lowest BCUT2D eigenvalue weighted by Crippen LogP contribution is -2.44. The number of aliphatic hydroxyl groups excluding tert-OH is 1. The van der Waals surface area contributed by atoms with Gasteiger partial charge >= 0.3 is 0 Å². The zero-order valence-electron chi connectivity index (χ0n) is 9.76. The van der Waals surface area contributed by atoms with Gasteiger partial charge in [-0.25, -0.2) is 8.42 Å². The van der Waals surface area contributed by atoms with Gasteiger partial charge in [-0.1, -0.05) is 0 Å². The van der Waals surface area contributed by atoms with Gasteiger partial charge in [0, 0.05) is 26.3 Å². The Morgan fingerprint density at radius 2 is 2.25 bits per heavy atom. The fourth-order valence-corrected chi connectivity index (χ4v) is 3.46. The number of aliphatic hydroxyl groups is 1. The van der Waals surface area contributed by atoms with E-state index < -0.39 is 10.0 Å². The highest BCUT2D eigenvalue weighted by atomic mass is 32.2. The van der Waals surface area contributed by atoms with Crippen molar-refractivity contribution >= 4 is 10.0 Å². The average Bonchev–Trinajstić information content (AvgIpc) is 2.27.